The van der Waals surface area contributed by atoms with Crippen LogP contribution in [0.2, 0.25) is 0 Å². The largest absolute Gasteiger partial charge is 0.481 e. The summed E-state index contributed by atoms with van der Waals surface area (Å²) in [4.78, 5) is 10.5. The van der Waals surface area contributed by atoms with Crippen LogP contribution in [0.5, 0.6) is 0 Å². The number of carboxylic acids is 1. The molecule has 1 aliphatic rings. The van der Waals surface area contributed by atoms with Crippen molar-refractivity contribution in [2.24, 2.45) is 11.8 Å². The number of carbonyl (C=O) groups is 1. The highest BCUT2D eigenvalue weighted by Crippen LogP contribution is 2.38. The first-order chi connectivity index (χ1) is 12.5. The maximum Gasteiger partial charge on any atom is 0.303 e. The van der Waals surface area contributed by atoms with E-state index in [1.165, 1.54) is 0 Å². The number of rotatable bonds is 13. The fourth-order valence-corrected chi connectivity index (χ4v) is 3.63. The predicted octanol–water partition coefficient (Wildman–Crippen LogP) is 3.70. The normalized spacial score (nSPS) is 27.5. The molecule has 0 unspecified atom stereocenters. The molecule has 0 saturated heterocycles. The van der Waals surface area contributed by atoms with E-state index in [4.69, 9.17) is 9.84 Å². The van der Waals surface area contributed by atoms with E-state index in [-0.39, 0.29) is 24.4 Å². The van der Waals surface area contributed by atoms with Gasteiger partial charge in [0.1, 0.15) is 0 Å². The van der Waals surface area contributed by atoms with Gasteiger partial charge in [-0.2, -0.15) is 0 Å². The van der Waals surface area contributed by atoms with Gasteiger partial charge < -0.3 is 20.1 Å². The first-order valence-electron chi connectivity index (χ1n) is 9.93. The summed E-state index contributed by atoms with van der Waals surface area (Å²) >= 11 is 0. The van der Waals surface area contributed by atoms with Gasteiger partial charge in [0.25, 0.3) is 0 Å². The number of carboxylic acid groups (broad SMARTS) is 1. The third-order valence-corrected chi connectivity index (χ3v) is 5.19. The van der Waals surface area contributed by atoms with Gasteiger partial charge in [-0.05, 0) is 31.6 Å². The van der Waals surface area contributed by atoms with Crippen molar-refractivity contribution < 1.29 is 24.9 Å². The van der Waals surface area contributed by atoms with E-state index in [2.05, 4.69) is 6.92 Å². The number of aliphatic hydroxyl groups excluding tert-OH is 2. The van der Waals surface area contributed by atoms with Crippen LogP contribution < -0.4 is 0 Å². The van der Waals surface area contributed by atoms with Crippen molar-refractivity contribution in [2.75, 3.05) is 7.11 Å². The van der Waals surface area contributed by atoms with Crippen molar-refractivity contribution in [2.45, 2.75) is 83.0 Å². The van der Waals surface area contributed by atoms with E-state index in [9.17, 15) is 15.0 Å². The van der Waals surface area contributed by atoms with Gasteiger partial charge in [-0.1, -0.05) is 50.5 Å². The molecule has 26 heavy (non-hydrogen) atoms. The minimum absolute atomic E-state index is 0.0329. The van der Waals surface area contributed by atoms with Crippen molar-refractivity contribution >= 4 is 5.97 Å². The number of methoxy groups -OCH3 is 1. The fourth-order valence-electron chi connectivity index (χ4n) is 3.63. The molecule has 1 aliphatic carbocycles. The highest BCUT2D eigenvalue weighted by molar-refractivity contribution is 5.66. The lowest BCUT2D eigenvalue weighted by Gasteiger charge is -2.21. The molecule has 0 aromatic rings. The van der Waals surface area contributed by atoms with E-state index < -0.39 is 18.2 Å². The Hall–Kier alpha value is -1.17. The van der Waals surface area contributed by atoms with E-state index in [1.807, 2.05) is 24.3 Å². The zero-order valence-corrected chi connectivity index (χ0v) is 16.2. The van der Waals surface area contributed by atoms with Crippen LogP contribution in [0.3, 0.4) is 0 Å². The quantitative estimate of drug-likeness (QED) is 0.341. The molecular weight excluding hydrogens is 332 g/mol. The SMILES string of the molecule is CCCCC[C@H](O)C=C[C@@H]1[C@@H](CC=CCCCC(=O)O)[C@@H](O)C[C@H]1OC. The van der Waals surface area contributed by atoms with Gasteiger partial charge in [-0.25, -0.2) is 0 Å². The minimum Gasteiger partial charge on any atom is -0.481 e. The number of aliphatic carboxylic acids is 1. The summed E-state index contributed by atoms with van der Waals surface area (Å²) in [7, 11) is 1.67. The van der Waals surface area contributed by atoms with Crippen LogP contribution in [0.1, 0.15) is 64.7 Å². The number of ether oxygens (including phenoxy) is 1. The second-order valence-electron chi connectivity index (χ2n) is 7.26. The summed E-state index contributed by atoms with van der Waals surface area (Å²) in [6.07, 6.45) is 14.0. The number of allylic oxidation sites excluding steroid dienone is 2. The van der Waals surface area contributed by atoms with Crippen molar-refractivity contribution in [1.29, 1.82) is 0 Å². The zero-order valence-electron chi connectivity index (χ0n) is 16.2. The van der Waals surface area contributed by atoms with Gasteiger partial charge in [-0.15, -0.1) is 0 Å². The van der Waals surface area contributed by atoms with Crippen molar-refractivity contribution in [1.82, 2.24) is 0 Å². The van der Waals surface area contributed by atoms with Crippen LogP contribution in [0.15, 0.2) is 24.3 Å². The van der Waals surface area contributed by atoms with Crippen LogP contribution in [0.4, 0.5) is 0 Å². The number of hydrogen-bond donors (Lipinski definition) is 3. The van der Waals surface area contributed by atoms with Gasteiger partial charge in [-0.3, -0.25) is 4.79 Å². The molecule has 0 radical (unpaired) electrons. The molecule has 5 atom stereocenters. The Morgan fingerprint density at radius 1 is 1.27 bits per heavy atom. The smallest absolute Gasteiger partial charge is 0.303 e. The first kappa shape index (κ1) is 22.9. The van der Waals surface area contributed by atoms with E-state index in [1.54, 1.807) is 7.11 Å². The Labute approximate surface area is 157 Å². The monoisotopic (exact) mass is 368 g/mol. The van der Waals surface area contributed by atoms with Crippen molar-refractivity contribution in [3.05, 3.63) is 24.3 Å². The summed E-state index contributed by atoms with van der Waals surface area (Å²) in [5.74, 6) is -0.621. The maximum atomic E-state index is 10.5. The number of aliphatic hydroxyl groups is 2. The standard InChI is InChI=1S/C21H36O5/c1-3-4-7-10-16(22)13-14-18-17(19(23)15-20(18)26-2)11-8-5-6-9-12-21(24)25/h5,8,13-14,16-20,22-23H,3-4,6-7,9-12,15H2,1-2H3,(H,24,25)/t16-,17+,18+,19-,20+/m0/s1. The Kier molecular flexibility index (Phi) is 11.5. The number of hydrogen-bond acceptors (Lipinski definition) is 4. The fraction of sp³-hybridized carbons (Fsp3) is 0.762. The van der Waals surface area contributed by atoms with Crippen LogP contribution in [-0.2, 0) is 9.53 Å². The summed E-state index contributed by atoms with van der Waals surface area (Å²) in [5, 5.41) is 29.1. The van der Waals surface area contributed by atoms with E-state index in [0.29, 0.717) is 12.8 Å². The predicted molar refractivity (Wildman–Crippen MR) is 103 cm³/mol. The third-order valence-electron chi connectivity index (χ3n) is 5.19. The molecule has 3 N–H and O–H groups in total. The van der Waals surface area contributed by atoms with Gasteiger partial charge in [0, 0.05) is 25.9 Å². The molecule has 5 heteroatoms. The van der Waals surface area contributed by atoms with Gasteiger partial charge in [0.2, 0.25) is 0 Å². The topological polar surface area (TPSA) is 87.0 Å². The zero-order chi connectivity index (χ0) is 19.4. The molecule has 5 nitrogen and oxygen atoms in total. The van der Waals surface area contributed by atoms with Gasteiger partial charge in [0.05, 0.1) is 18.3 Å². The second-order valence-corrected chi connectivity index (χ2v) is 7.26. The summed E-state index contributed by atoms with van der Waals surface area (Å²) in [6.45, 7) is 2.14. The number of unbranched alkanes of at least 4 members (excludes halogenated alkanes) is 3. The van der Waals surface area contributed by atoms with Crippen molar-refractivity contribution in [3.63, 3.8) is 0 Å². The third kappa shape index (κ3) is 8.47. The average molecular weight is 369 g/mol. The van der Waals surface area contributed by atoms with Crippen molar-refractivity contribution in [3.8, 4) is 0 Å². The van der Waals surface area contributed by atoms with Crippen LogP contribution in [-0.4, -0.2) is 46.7 Å². The molecule has 0 aromatic heterocycles. The second kappa shape index (κ2) is 13.1. The van der Waals surface area contributed by atoms with Crippen LogP contribution in [0.25, 0.3) is 0 Å². The minimum atomic E-state index is -0.768. The molecule has 0 bridgehead atoms. The molecule has 0 heterocycles. The van der Waals surface area contributed by atoms with E-state index >= 15 is 0 Å². The molecule has 0 aromatic carbocycles. The Bertz CT molecular complexity index is 446. The Morgan fingerprint density at radius 3 is 2.69 bits per heavy atom. The first-order valence-corrected chi connectivity index (χ1v) is 9.93. The lowest BCUT2D eigenvalue weighted by molar-refractivity contribution is -0.137. The molecule has 150 valence electrons. The van der Waals surface area contributed by atoms with Crippen LogP contribution in [0, 0.1) is 11.8 Å². The highest BCUT2D eigenvalue weighted by atomic mass is 16.5. The Balaban J connectivity index is 2.54. The van der Waals surface area contributed by atoms with Gasteiger partial charge >= 0.3 is 5.97 Å². The molecule has 0 spiro atoms. The Morgan fingerprint density at radius 2 is 2.04 bits per heavy atom. The highest BCUT2D eigenvalue weighted by Gasteiger charge is 2.40. The van der Waals surface area contributed by atoms with Gasteiger partial charge in [0.15, 0.2) is 0 Å². The summed E-state index contributed by atoms with van der Waals surface area (Å²) in [5.41, 5.74) is 0. The molecule has 0 amide bonds. The molecule has 1 saturated carbocycles. The lowest BCUT2D eigenvalue weighted by atomic mass is 9.89. The lowest BCUT2D eigenvalue weighted by Crippen LogP contribution is -2.21. The van der Waals surface area contributed by atoms with E-state index in [0.717, 1.165) is 38.5 Å². The molecule has 1 rings (SSSR count). The maximum absolute atomic E-state index is 10.5. The molecule has 0 aliphatic heterocycles. The van der Waals surface area contributed by atoms with Crippen LogP contribution >= 0.6 is 0 Å². The molecule has 1 fully saturated rings. The average Bonchev–Trinajstić information content (AvgIpc) is 2.91. The molecular formula is C21H36O5. The summed E-state index contributed by atoms with van der Waals surface area (Å²) in [6, 6.07) is 0. The summed E-state index contributed by atoms with van der Waals surface area (Å²) < 4.78 is 5.54.